The van der Waals surface area contributed by atoms with Gasteiger partial charge in [-0.2, -0.15) is 0 Å². The smallest absolute Gasteiger partial charge is 0.410 e. The average Bonchev–Trinajstić information content (AvgIpc) is 2.99. The van der Waals surface area contributed by atoms with E-state index in [1.807, 2.05) is 0 Å². The predicted molar refractivity (Wildman–Crippen MR) is 87.3 cm³/mol. The van der Waals surface area contributed by atoms with E-state index in [0.717, 1.165) is 0 Å². The standard InChI is InChI=1S/C15H26N4O6/c1-5-24-11(20)9-16-13(22)18-17-12(21)10-7-6-8-19(10)14(23)25-15(2,3)4/h10H,5-9H2,1-4H3,(H,17,21)(H2,16,18,22). The summed E-state index contributed by atoms with van der Waals surface area (Å²) in [5, 5.41) is 2.23. The Morgan fingerprint density at radius 3 is 2.44 bits per heavy atom. The highest BCUT2D eigenvalue weighted by molar-refractivity contribution is 5.88. The van der Waals surface area contributed by atoms with Crippen LogP contribution >= 0.6 is 0 Å². The van der Waals surface area contributed by atoms with Crippen molar-refractivity contribution in [2.75, 3.05) is 19.7 Å². The van der Waals surface area contributed by atoms with Crippen molar-refractivity contribution in [3.8, 4) is 0 Å². The van der Waals surface area contributed by atoms with Crippen molar-refractivity contribution in [1.29, 1.82) is 0 Å². The summed E-state index contributed by atoms with van der Waals surface area (Å²) in [5.41, 5.74) is 3.69. The lowest BCUT2D eigenvalue weighted by Gasteiger charge is -2.28. The minimum Gasteiger partial charge on any atom is -0.465 e. The first-order valence-electron chi connectivity index (χ1n) is 8.13. The molecule has 1 atom stereocenters. The lowest BCUT2D eigenvalue weighted by Crippen LogP contribution is -2.54. The Balaban J connectivity index is 2.44. The van der Waals surface area contributed by atoms with Gasteiger partial charge in [0.15, 0.2) is 0 Å². The van der Waals surface area contributed by atoms with Gasteiger partial charge in [0.25, 0.3) is 5.91 Å². The van der Waals surface area contributed by atoms with E-state index in [1.54, 1.807) is 27.7 Å². The summed E-state index contributed by atoms with van der Waals surface area (Å²) in [6.07, 6.45) is 0.556. The zero-order valence-electron chi connectivity index (χ0n) is 15.0. The molecule has 1 fully saturated rings. The van der Waals surface area contributed by atoms with Gasteiger partial charge in [0.2, 0.25) is 0 Å². The van der Waals surface area contributed by atoms with Gasteiger partial charge in [-0.25, -0.2) is 15.0 Å². The second-order valence-corrected chi connectivity index (χ2v) is 6.43. The molecular formula is C15H26N4O6. The van der Waals surface area contributed by atoms with E-state index >= 15 is 0 Å². The molecular weight excluding hydrogens is 332 g/mol. The van der Waals surface area contributed by atoms with Gasteiger partial charge in [-0.15, -0.1) is 0 Å². The molecule has 4 amide bonds. The molecule has 0 aromatic rings. The van der Waals surface area contributed by atoms with E-state index in [0.29, 0.717) is 19.4 Å². The minimum absolute atomic E-state index is 0.209. The number of hydrogen-bond donors (Lipinski definition) is 3. The number of hydrazine groups is 1. The Labute approximate surface area is 146 Å². The van der Waals surface area contributed by atoms with Gasteiger partial charge in [0, 0.05) is 6.54 Å². The SMILES string of the molecule is CCOC(=O)CNC(=O)NNC(=O)C1CCCN1C(=O)OC(C)(C)C. The molecule has 1 unspecified atom stereocenters. The summed E-state index contributed by atoms with van der Waals surface area (Å²) < 4.78 is 9.92. The molecule has 1 aliphatic rings. The fourth-order valence-electron chi connectivity index (χ4n) is 2.19. The van der Waals surface area contributed by atoms with Gasteiger partial charge in [0.1, 0.15) is 18.2 Å². The van der Waals surface area contributed by atoms with Crippen molar-refractivity contribution in [2.45, 2.75) is 52.2 Å². The van der Waals surface area contributed by atoms with Gasteiger partial charge < -0.3 is 14.8 Å². The van der Waals surface area contributed by atoms with Crippen LogP contribution in [0.15, 0.2) is 0 Å². The maximum absolute atomic E-state index is 12.2. The molecule has 25 heavy (non-hydrogen) atoms. The third-order valence-electron chi connectivity index (χ3n) is 3.18. The van der Waals surface area contributed by atoms with Crippen LogP contribution in [0.1, 0.15) is 40.5 Å². The minimum atomic E-state index is -0.761. The van der Waals surface area contributed by atoms with Crippen LogP contribution in [-0.4, -0.2) is 60.2 Å². The quantitative estimate of drug-likeness (QED) is 0.489. The summed E-state index contributed by atoms with van der Waals surface area (Å²) in [5.74, 6) is -1.12. The molecule has 1 rings (SSSR count). The van der Waals surface area contributed by atoms with Gasteiger partial charge >= 0.3 is 18.1 Å². The summed E-state index contributed by atoms with van der Waals surface area (Å²) in [4.78, 5) is 48.3. The molecule has 0 aromatic carbocycles. The predicted octanol–water partition coefficient (Wildman–Crippen LogP) is 0.279. The van der Waals surface area contributed by atoms with Gasteiger partial charge in [-0.05, 0) is 40.5 Å². The van der Waals surface area contributed by atoms with Crippen LogP contribution in [0, 0.1) is 0 Å². The lowest BCUT2D eigenvalue weighted by atomic mass is 10.2. The van der Waals surface area contributed by atoms with E-state index in [4.69, 9.17) is 4.74 Å². The molecule has 0 radical (unpaired) electrons. The van der Waals surface area contributed by atoms with Crippen molar-refractivity contribution in [2.24, 2.45) is 0 Å². The fourth-order valence-corrected chi connectivity index (χ4v) is 2.19. The van der Waals surface area contributed by atoms with Crippen LogP contribution in [-0.2, 0) is 19.1 Å². The molecule has 1 heterocycles. The molecule has 0 bridgehead atoms. The van der Waals surface area contributed by atoms with E-state index in [-0.39, 0.29) is 13.2 Å². The first-order valence-corrected chi connectivity index (χ1v) is 8.13. The number of hydrogen-bond acceptors (Lipinski definition) is 6. The molecule has 0 aliphatic carbocycles. The molecule has 0 aromatic heterocycles. The number of esters is 1. The molecule has 10 heteroatoms. The number of carbonyl (C=O) groups is 4. The van der Waals surface area contributed by atoms with Crippen molar-refractivity contribution in [3.63, 3.8) is 0 Å². The second-order valence-electron chi connectivity index (χ2n) is 6.43. The fraction of sp³-hybridized carbons (Fsp3) is 0.733. The first-order chi connectivity index (χ1) is 11.6. The Morgan fingerprint density at radius 1 is 1.16 bits per heavy atom. The number of nitrogens with zero attached hydrogens (tertiary/aromatic N) is 1. The zero-order chi connectivity index (χ0) is 19.0. The number of rotatable bonds is 4. The Hall–Kier alpha value is -2.52. The average molecular weight is 358 g/mol. The third-order valence-corrected chi connectivity index (χ3v) is 3.18. The highest BCUT2D eigenvalue weighted by Gasteiger charge is 2.36. The van der Waals surface area contributed by atoms with Crippen LogP contribution < -0.4 is 16.2 Å². The highest BCUT2D eigenvalue weighted by atomic mass is 16.6. The van der Waals surface area contributed by atoms with Gasteiger partial charge in [-0.1, -0.05) is 0 Å². The van der Waals surface area contributed by atoms with Gasteiger partial charge in [-0.3, -0.25) is 19.9 Å². The third kappa shape index (κ3) is 7.27. The van der Waals surface area contributed by atoms with Crippen LogP contribution in [0.3, 0.4) is 0 Å². The van der Waals surface area contributed by atoms with Gasteiger partial charge in [0.05, 0.1) is 6.61 Å². The normalized spacial score (nSPS) is 16.8. The Morgan fingerprint density at radius 2 is 1.84 bits per heavy atom. The van der Waals surface area contributed by atoms with Crippen molar-refractivity contribution >= 4 is 24.0 Å². The van der Waals surface area contributed by atoms with Crippen molar-refractivity contribution < 1.29 is 28.7 Å². The van der Waals surface area contributed by atoms with E-state index < -0.39 is 35.6 Å². The second kappa shape index (κ2) is 9.09. The Kier molecular flexibility index (Phi) is 7.46. The summed E-state index contributed by atoms with van der Waals surface area (Å²) in [6, 6.07) is -1.48. The number of urea groups is 1. The number of carbonyl (C=O) groups excluding carboxylic acids is 4. The molecule has 1 saturated heterocycles. The van der Waals surface area contributed by atoms with Crippen molar-refractivity contribution in [3.05, 3.63) is 0 Å². The van der Waals surface area contributed by atoms with Crippen LogP contribution in [0.2, 0.25) is 0 Å². The molecule has 10 nitrogen and oxygen atoms in total. The van der Waals surface area contributed by atoms with Crippen LogP contribution in [0.5, 0.6) is 0 Å². The molecule has 0 saturated carbocycles. The highest BCUT2D eigenvalue weighted by Crippen LogP contribution is 2.20. The van der Waals surface area contributed by atoms with Crippen LogP contribution in [0.4, 0.5) is 9.59 Å². The van der Waals surface area contributed by atoms with E-state index in [1.165, 1.54) is 4.90 Å². The molecule has 3 N–H and O–H groups in total. The number of ether oxygens (including phenoxy) is 2. The monoisotopic (exact) mass is 358 g/mol. The maximum Gasteiger partial charge on any atom is 0.410 e. The summed E-state index contributed by atoms with van der Waals surface area (Å²) in [7, 11) is 0. The topological polar surface area (TPSA) is 126 Å². The van der Waals surface area contributed by atoms with Crippen LogP contribution in [0.25, 0.3) is 0 Å². The number of amides is 4. The molecule has 142 valence electrons. The number of likely N-dealkylation sites (tertiary alicyclic amines) is 1. The Bertz CT molecular complexity index is 517. The van der Waals surface area contributed by atoms with E-state index in [9.17, 15) is 19.2 Å². The first kappa shape index (κ1) is 20.5. The largest absolute Gasteiger partial charge is 0.465 e. The summed E-state index contributed by atoms with van der Waals surface area (Å²) >= 11 is 0. The summed E-state index contributed by atoms with van der Waals surface area (Å²) in [6.45, 7) is 7.17. The lowest BCUT2D eigenvalue weighted by molar-refractivity contribution is -0.141. The zero-order valence-corrected chi connectivity index (χ0v) is 15.0. The molecule has 1 aliphatic heterocycles. The maximum atomic E-state index is 12.2. The number of nitrogens with one attached hydrogen (secondary N) is 3. The van der Waals surface area contributed by atoms with Crippen molar-refractivity contribution in [1.82, 2.24) is 21.1 Å². The van der Waals surface area contributed by atoms with E-state index in [2.05, 4.69) is 20.9 Å². The molecule has 0 spiro atoms.